The molecule has 110 valence electrons. The van der Waals surface area contributed by atoms with E-state index >= 15 is 0 Å². The topological polar surface area (TPSA) is 56.5 Å². The van der Waals surface area contributed by atoms with Crippen molar-refractivity contribution < 1.29 is 9.47 Å². The number of rotatable bonds is 5. The van der Waals surface area contributed by atoms with Gasteiger partial charge in [-0.15, -0.1) is 0 Å². The van der Waals surface area contributed by atoms with Gasteiger partial charge in [-0.3, -0.25) is 0 Å². The maximum absolute atomic E-state index is 6.14. The fraction of sp³-hybridized carbons (Fsp3) is 0.133. The molecule has 6 heteroatoms. The lowest BCUT2D eigenvalue weighted by Crippen LogP contribution is -2.12. The fourth-order valence-electron chi connectivity index (χ4n) is 1.95. The molecular formula is C15H15ClN2O2S. The van der Waals surface area contributed by atoms with Crippen LogP contribution in [0.25, 0.3) is 0 Å². The highest BCUT2D eigenvalue weighted by Crippen LogP contribution is 2.33. The van der Waals surface area contributed by atoms with Crippen LogP contribution in [0.4, 0.5) is 11.4 Å². The number of nitrogens with two attached hydrogens (primary N) is 1. The van der Waals surface area contributed by atoms with Crippen LogP contribution in [0.3, 0.4) is 0 Å². The van der Waals surface area contributed by atoms with E-state index in [0.29, 0.717) is 22.1 Å². The monoisotopic (exact) mass is 322 g/mol. The van der Waals surface area contributed by atoms with E-state index in [1.54, 1.807) is 20.3 Å². The van der Waals surface area contributed by atoms with Gasteiger partial charge in [0, 0.05) is 11.8 Å². The molecule has 0 unspecified atom stereocenters. The molecule has 0 atom stereocenters. The summed E-state index contributed by atoms with van der Waals surface area (Å²) in [6, 6.07) is 10.9. The van der Waals surface area contributed by atoms with Gasteiger partial charge in [0.2, 0.25) is 0 Å². The summed E-state index contributed by atoms with van der Waals surface area (Å²) >= 11 is 11.2. The van der Waals surface area contributed by atoms with Crippen LogP contribution in [0.5, 0.6) is 11.5 Å². The summed E-state index contributed by atoms with van der Waals surface area (Å²) in [5.74, 6) is 1.28. The maximum atomic E-state index is 6.14. The van der Waals surface area contributed by atoms with Crippen LogP contribution in [0.15, 0.2) is 36.4 Å². The highest BCUT2D eigenvalue weighted by atomic mass is 35.5. The quantitative estimate of drug-likeness (QED) is 0.821. The van der Waals surface area contributed by atoms with Gasteiger partial charge in [-0.05, 0) is 24.3 Å². The van der Waals surface area contributed by atoms with Crippen molar-refractivity contribution in [3.8, 4) is 11.5 Å². The van der Waals surface area contributed by atoms with Gasteiger partial charge >= 0.3 is 0 Å². The molecule has 0 radical (unpaired) electrons. The highest BCUT2D eigenvalue weighted by molar-refractivity contribution is 7.80. The first kappa shape index (κ1) is 15.4. The molecule has 0 aromatic heterocycles. The van der Waals surface area contributed by atoms with Crippen molar-refractivity contribution >= 4 is 40.2 Å². The Kier molecular flexibility index (Phi) is 4.88. The van der Waals surface area contributed by atoms with Gasteiger partial charge in [-0.2, -0.15) is 0 Å². The van der Waals surface area contributed by atoms with E-state index in [9.17, 15) is 0 Å². The average Bonchev–Trinajstić information content (AvgIpc) is 2.46. The van der Waals surface area contributed by atoms with Crippen LogP contribution in [0.1, 0.15) is 5.56 Å². The molecule has 0 aliphatic carbocycles. The molecule has 0 amide bonds. The van der Waals surface area contributed by atoms with Crippen molar-refractivity contribution in [3.63, 3.8) is 0 Å². The zero-order chi connectivity index (χ0) is 15.4. The minimum atomic E-state index is 0.239. The maximum Gasteiger partial charge on any atom is 0.162 e. The zero-order valence-corrected chi connectivity index (χ0v) is 13.2. The van der Waals surface area contributed by atoms with E-state index in [4.69, 9.17) is 39.0 Å². The number of ether oxygens (including phenoxy) is 2. The summed E-state index contributed by atoms with van der Waals surface area (Å²) in [4.78, 5) is 0.239. The number of benzene rings is 2. The van der Waals surface area contributed by atoms with Crippen molar-refractivity contribution in [3.05, 3.63) is 47.0 Å². The number of anilines is 2. The van der Waals surface area contributed by atoms with E-state index in [2.05, 4.69) is 5.32 Å². The number of methoxy groups -OCH3 is 2. The first-order valence-corrected chi connectivity index (χ1v) is 6.92. The van der Waals surface area contributed by atoms with Gasteiger partial charge < -0.3 is 20.5 Å². The smallest absolute Gasteiger partial charge is 0.162 e. The number of halogens is 1. The SMILES string of the molecule is COc1ccc(Nc2cccc(Cl)c2C(N)=S)cc1OC. The lowest BCUT2D eigenvalue weighted by Gasteiger charge is -2.14. The Morgan fingerprint density at radius 1 is 1.14 bits per heavy atom. The van der Waals surface area contributed by atoms with E-state index in [1.807, 2.05) is 30.3 Å². The third kappa shape index (κ3) is 3.37. The molecule has 0 spiro atoms. The predicted octanol–water partition coefficient (Wildman–Crippen LogP) is 3.74. The molecule has 21 heavy (non-hydrogen) atoms. The molecule has 4 nitrogen and oxygen atoms in total. The van der Waals surface area contributed by atoms with Crippen molar-refractivity contribution in [1.82, 2.24) is 0 Å². The summed E-state index contributed by atoms with van der Waals surface area (Å²) in [6.45, 7) is 0. The summed E-state index contributed by atoms with van der Waals surface area (Å²) in [6.07, 6.45) is 0. The predicted molar refractivity (Wildman–Crippen MR) is 90.2 cm³/mol. The Hall–Kier alpha value is -1.98. The lowest BCUT2D eigenvalue weighted by atomic mass is 10.1. The molecule has 0 heterocycles. The van der Waals surface area contributed by atoms with Gasteiger partial charge in [-0.1, -0.05) is 29.9 Å². The van der Waals surface area contributed by atoms with Gasteiger partial charge in [0.1, 0.15) is 4.99 Å². The molecule has 2 aromatic rings. The molecular weight excluding hydrogens is 308 g/mol. The molecule has 0 aliphatic heterocycles. The first-order valence-electron chi connectivity index (χ1n) is 6.14. The summed E-state index contributed by atoms with van der Waals surface area (Å²) in [7, 11) is 3.17. The molecule has 0 saturated heterocycles. The van der Waals surface area contributed by atoms with Crippen LogP contribution in [-0.4, -0.2) is 19.2 Å². The van der Waals surface area contributed by atoms with Gasteiger partial charge in [0.15, 0.2) is 11.5 Å². The molecule has 0 bridgehead atoms. The Bertz CT molecular complexity index is 677. The molecule has 3 N–H and O–H groups in total. The van der Waals surface area contributed by atoms with E-state index in [0.717, 1.165) is 11.4 Å². The van der Waals surface area contributed by atoms with Crippen LogP contribution >= 0.6 is 23.8 Å². The molecule has 2 rings (SSSR count). The molecule has 2 aromatic carbocycles. The largest absolute Gasteiger partial charge is 0.493 e. The summed E-state index contributed by atoms with van der Waals surface area (Å²) < 4.78 is 10.5. The van der Waals surface area contributed by atoms with Crippen LogP contribution < -0.4 is 20.5 Å². The second kappa shape index (κ2) is 6.65. The number of thiocarbonyl (C=S) groups is 1. The highest BCUT2D eigenvalue weighted by Gasteiger charge is 2.11. The lowest BCUT2D eigenvalue weighted by molar-refractivity contribution is 0.355. The Morgan fingerprint density at radius 2 is 1.86 bits per heavy atom. The minimum absolute atomic E-state index is 0.239. The van der Waals surface area contributed by atoms with Crippen LogP contribution in [-0.2, 0) is 0 Å². The van der Waals surface area contributed by atoms with Crippen molar-refractivity contribution in [2.75, 3.05) is 19.5 Å². The minimum Gasteiger partial charge on any atom is -0.493 e. The number of nitrogens with one attached hydrogen (secondary N) is 1. The number of hydrogen-bond donors (Lipinski definition) is 2. The Labute approximate surface area is 133 Å². The molecule has 0 fully saturated rings. The standard InChI is InChI=1S/C15H15ClN2O2S/c1-19-12-7-6-9(8-13(12)20-2)18-11-5-3-4-10(16)14(11)15(17)21/h3-8,18H,1-2H3,(H2,17,21). The third-order valence-electron chi connectivity index (χ3n) is 2.92. The van der Waals surface area contributed by atoms with Gasteiger partial charge in [0.25, 0.3) is 0 Å². The van der Waals surface area contributed by atoms with E-state index in [1.165, 1.54) is 0 Å². The fourth-order valence-corrected chi connectivity index (χ4v) is 2.50. The van der Waals surface area contributed by atoms with Crippen LogP contribution in [0, 0.1) is 0 Å². The summed E-state index contributed by atoms with van der Waals surface area (Å²) in [5.41, 5.74) is 7.90. The second-order valence-electron chi connectivity index (χ2n) is 4.22. The second-order valence-corrected chi connectivity index (χ2v) is 5.07. The van der Waals surface area contributed by atoms with Crippen molar-refractivity contribution in [1.29, 1.82) is 0 Å². The average molecular weight is 323 g/mol. The van der Waals surface area contributed by atoms with Crippen LogP contribution in [0.2, 0.25) is 5.02 Å². The summed E-state index contributed by atoms with van der Waals surface area (Å²) in [5, 5.41) is 3.74. The van der Waals surface area contributed by atoms with Crippen molar-refractivity contribution in [2.24, 2.45) is 5.73 Å². The normalized spacial score (nSPS) is 10.0. The molecule has 0 saturated carbocycles. The first-order chi connectivity index (χ1) is 10.1. The Morgan fingerprint density at radius 3 is 2.48 bits per heavy atom. The van der Waals surface area contributed by atoms with E-state index < -0.39 is 0 Å². The van der Waals surface area contributed by atoms with Gasteiger partial charge in [0.05, 0.1) is 30.5 Å². The van der Waals surface area contributed by atoms with E-state index in [-0.39, 0.29) is 4.99 Å². The zero-order valence-electron chi connectivity index (χ0n) is 11.6. The number of hydrogen-bond acceptors (Lipinski definition) is 4. The third-order valence-corrected chi connectivity index (χ3v) is 3.44. The molecule has 0 aliphatic rings. The Balaban J connectivity index is 2.39. The van der Waals surface area contributed by atoms with Crippen molar-refractivity contribution in [2.45, 2.75) is 0 Å². The van der Waals surface area contributed by atoms with Gasteiger partial charge in [-0.25, -0.2) is 0 Å².